The lowest BCUT2D eigenvalue weighted by Crippen LogP contribution is -2.43. The second kappa shape index (κ2) is 11.5. The van der Waals surface area contributed by atoms with Crippen LogP contribution in [0.25, 0.3) is 11.1 Å². The highest BCUT2D eigenvalue weighted by molar-refractivity contribution is 5.92. The van der Waals surface area contributed by atoms with Crippen molar-refractivity contribution in [3.63, 3.8) is 0 Å². The second-order valence-electron chi connectivity index (χ2n) is 10.0. The molecule has 1 aliphatic rings. The zero-order valence-electron chi connectivity index (χ0n) is 21.2. The Bertz CT molecular complexity index is 1050. The molecule has 0 spiro atoms. The number of nitrogens with zero attached hydrogens (tertiary/aromatic N) is 1. The quantitative estimate of drug-likeness (QED) is 0.512. The first-order valence-corrected chi connectivity index (χ1v) is 12.2. The smallest absolute Gasteiger partial charge is 0.407 e. The van der Waals surface area contributed by atoms with Crippen LogP contribution in [0.15, 0.2) is 30.5 Å². The van der Waals surface area contributed by atoms with Gasteiger partial charge in [-0.1, -0.05) is 25.8 Å². The summed E-state index contributed by atoms with van der Waals surface area (Å²) in [5, 5.41) is 5.71. The first kappa shape index (κ1) is 26.4. The fraction of sp³-hybridized carbons (Fsp3) is 0.519. The number of hydrogen-bond acceptors (Lipinski definition) is 5. The number of halogens is 1. The number of methoxy groups -OCH3 is 1. The molecule has 3 rings (SSSR count). The van der Waals surface area contributed by atoms with Gasteiger partial charge in [-0.15, -0.1) is 0 Å². The van der Waals surface area contributed by atoms with E-state index < -0.39 is 17.5 Å². The van der Waals surface area contributed by atoms with Crippen molar-refractivity contribution in [1.82, 2.24) is 10.3 Å². The van der Waals surface area contributed by atoms with Crippen molar-refractivity contribution in [3.8, 4) is 16.9 Å². The van der Waals surface area contributed by atoms with Crippen LogP contribution in [0, 0.1) is 11.7 Å². The van der Waals surface area contributed by atoms with E-state index in [9.17, 15) is 14.0 Å². The minimum atomic E-state index is -0.583. The molecule has 2 amide bonds. The van der Waals surface area contributed by atoms with Gasteiger partial charge in [-0.25, -0.2) is 14.2 Å². The van der Waals surface area contributed by atoms with Crippen LogP contribution in [-0.2, 0) is 16.0 Å². The Kier molecular flexibility index (Phi) is 8.70. The van der Waals surface area contributed by atoms with Gasteiger partial charge < -0.3 is 20.1 Å². The van der Waals surface area contributed by atoms with E-state index >= 15 is 0 Å². The van der Waals surface area contributed by atoms with Crippen LogP contribution in [0.3, 0.4) is 0 Å². The SMILES string of the molecule is CCCc1ccc(OC)c(-c2cc(NC(=O)[C@H]3CCC[C@@H](NC(=O)OC(C)(C)C)C3)ncc2F)c1. The molecule has 1 heterocycles. The predicted octanol–water partition coefficient (Wildman–Crippen LogP) is 5.87. The molecule has 0 aliphatic heterocycles. The lowest BCUT2D eigenvalue weighted by molar-refractivity contribution is -0.121. The van der Waals surface area contributed by atoms with Gasteiger partial charge in [-0.3, -0.25) is 4.79 Å². The number of anilines is 1. The highest BCUT2D eigenvalue weighted by Gasteiger charge is 2.30. The van der Waals surface area contributed by atoms with E-state index in [1.54, 1.807) is 13.2 Å². The molecule has 0 bridgehead atoms. The predicted molar refractivity (Wildman–Crippen MR) is 134 cm³/mol. The van der Waals surface area contributed by atoms with Crippen molar-refractivity contribution >= 4 is 17.8 Å². The molecule has 1 aliphatic carbocycles. The topological polar surface area (TPSA) is 89.6 Å². The van der Waals surface area contributed by atoms with Crippen LogP contribution in [-0.4, -0.2) is 35.7 Å². The molecule has 190 valence electrons. The van der Waals surface area contributed by atoms with E-state index in [0.717, 1.165) is 37.4 Å². The average molecular weight is 486 g/mol. The lowest BCUT2D eigenvalue weighted by atomic mass is 9.85. The van der Waals surface area contributed by atoms with Crippen LogP contribution in [0.1, 0.15) is 65.4 Å². The normalized spacial score (nSPS) is 18.0. The number of aryl methyl sites for hydroxylation is 1. The number of carbonyl (C=O) groups excluding carboxylic acids is 2. The standard InChI is InChI=1S/C27H36FN3O4/c1-6-8-17-11-12-23(34-5)21(13-17)20-15-24(29-16-22(20)28)31-25(32)18-9-7-10-19(14-18)30-26(33)35-27(2,3)4/h11-13,15-16,18-19H,6-10,14H2,1-5H3,(H,30,33)(H,29,31,32)/t18-,19+/m0/s1. The first-order valence-electron chi connectivity index (χ1n) is 12.2. The number of carbonyl (C=O) groups is 2. The van der Waals surface area contributed by atoms with E-state index in [1.807, 2.05) is 39.0 Å². The van der Waals surface area contributed by atoms with E-state index in [2.05, 4.69) is 22.5 Å². The third-order valence-electron chi connectivity index (χ3n) is 5.97. The summed E-state index contributed by atoms with van der Waals surface area (Å²) in [5.41, 5.74) is 1.43. The van der Waals surface area contributed by atoms with Gasteiger partial charge in [0.25, 0.3) is 0 Å². The summed E-state index contributed by atoms with van der Waals surface area (Å²) in [7, 11) is 1.55. The number of rotatable bonds is 7. The number of alkyl carbamates (subject to hydrolysis) is 1. The van der Waals surface area contributed by atoms with Crippen LogP contribution in [0.5, 0.6) is 5.75 Å². The van der Waals surface area contributed by atoms with Crippen molar-refractivity contribution in [3.05, 3.63) is 41.8 Å². The molecule has 1 aromatic carbocycles. The largest absolute Gasteiger partial charge is 0.496 e. The number of benzene rings is 1. The molecule has 1 fully saturated rings. The molecule has 0 unspecified atom stereocenters. The maximum absolute atomic E-state index is 14.8. The Hall–Kier alpha value is -3.16. The van der Waals surface area contributed by atoms with Gasteiger partial charge in [0, 0.05) is 23.1 Å². The van der Waals surface area contributed by atoms with Gasteiger partial charge in [0.05, 0.1) is 13.3 Å². The van der Waals surface area contributed by atoms with Gasteiger partial charge in [-0.05, 0) is 70.2 Å². The van der Waals surface area contributed by atoms with Gasteiger partial charge in [-0.2, -0.15) is 0 Å². The second-order valence-corrected chi connectivity index (χ2v) is 10.0. The Morgan fingerprint density at radius 2 is 1.94 bits per heavy atom. The third kappa shape index (κ3) is 7.41. The molecule has 7 nitrogen and oxygen atoms in total. The maximum atomic E-state index is 14.8. The molecular weight excluding hydrogens is 449 g/mol. The highest BCUT2D eigenvalue weighted by Crippen LogP contribution is 2.34. The summed E-state index contributed by atoms with van der Waals surface area (Å²) in [5.74, 6) is -0.153. The fourth-order valence-electron chi connectivity index (χ4n) is 4.38. The summed E-state index contributed by atoms with van der Waals surface area (Å²) in [6, 6.07) is 7.12. The van der Waals surface area contributed by atoms with Gasteiger partial charge in [0.15, 0.2) is 0 Å². The van der Waals surface area contributed by atoms with E-state index in [4.69, 9.17) is 9.47 Å². The summed E-state index contributed by atoms with van der Waals surface area (Å²) >= 11 is 0. The summed E-state index contributed by atoms with van der Waals surface area (Å²) in [6.45, 7) is 7.51. The van der Waals surface area contributed by atoms with Crippen LogP contribution < -0.4 is 15.4 Å². The number of hydrogen-bond donors (Lipinski definition) is 2. The minimum absolute atomic E-state index is 0.142. The summed E-state index contributed by atoms with van der Waals surface area (Å²) < 4.78 is 25.6. The molecule has 35 heavy (non-hydrogen) atoms. The van der Waals surface area contributed by atoms with Crippen molar-refractivity contribution in [2.75, 3.05) is 12.4 Å². The first-order chi connectivity index (χ1) is 16.6. The average Bonchev–Trinajstić information content (AvgIpc) is 2.79. The molecule has 2 atom stereocenters. The summed E-state index contributed by atoms with van der Waals surface area (Å²) in [6.07, 6.45) is 5.28. The van der Waals surface area contributed by atoms with Crippen LogP contribution >= 0.6 is 0 Å². The summed E-state index contributed by atoms with van der Waals surface area (Å²) in [4.78, 5) is 29.2. The highest BCUT2D eigenvalue weighted by atomic mass is 19.1. The molecule has 2 aromatic rings. The Balaban J connectivity index is 1.72. The van der Waals surface area contributed by atoms with E-state index in [1.165, 1.54) is 0 Å². The monoisotopic (exact) mass is 485 g/mol. The van der Waals surface area contributed by atoms with E-state index in [-0.39, 0.29) is 23.7 Å². The number of nitrogens with one attached hydrogen (secondary N) is 2. The molecule has 1 saturated carbocycles. The minimum Gasteiger partial charge on any atom is -0.496 e. The Labute approximate surface area is 206 Å². The molecule has 0 saturated heterocycles. The molecule has 8 heteroatoms. The molecular formula is C27H36FN3O4. The van der Waals surface area contributed by atoms with Gasteiger partial charge in [0.2, 0.25) is 5.91 Å². The zero-order chi connectivity index (χ0) is 25.6. The number of ether oxygens (including phenoxy) is 2. The van der Waals surface area contributed by atoms with Crippen molar-refractivity contribution in [1.29, 1.82) is 0 Å². The Morgan fingerprint density at radius 1 is 1.17 bits per heavy atom. The Morgan fingerprint density at radius 3 is 2.63 bits per heavy atom. The fourth-order valence-corrected chi connectivity index (χ4v) is 4.38. The molecule has 0 radical (unpaired) electrons. The van der Waals surface area contributed by atoms with Crippen LogP contribution in [0.2, 0.25) is 0 Å². The third-order valence-corrected chi connectivity index (χ3v) is 5.97. The maximum Gasteiger partial charge on any atom is 0.407 e. The number of pyridine rings is 1. The van der Waals surface area contributed by atoms with Crippen molar-refractivity contribution in [2.24, 2.45) is 5.92 Å². The van der Waals surface area contributed by atoms with Gasteiger partial charge in [0.1, 0.15) is 23.0 Å². The molecule has 1 aromatic heterocycles. The van der Waals surface area contributed by atoms with Crippen molar-refractivity contribution in [2.45, 2.75) is 77.9 Å². The lowest BCUT2D eigenvalue weighted by Gasteiger charge is -2.30. The van der Waals surface area contributed by atoms with Gasteiger partial charge >= 0.3 is 6.09 Å². The van der Waals surface area contributed by atoms with Crippen LogP contribution in [0.4, 0.5) is 15.0 Å². The van der Waals surface area contributed by atoms with E-state index in [0.29, 0.717) is 29.7 Å². The zero-order valence-corrected chi connectivity index (χ0v) is 21.2. The number of aromatic nitrogens is 1. The van der Waals surface area contributed by atoms with Crippen molar-refractivity contribution < 1.29 is 23.5 Å². The molecule has 2 N–H and O–H groups in total. The number of amides is 2.